The minimum Gasteiger partial charge on any atom is -0.378 e. The molecule has 2 aromatic heterocycles. The standard InChI is InChI=1S/C15H16N4O2/c1-11-14(9-13(18-20)10-17-11)12-2-3-16-15(8-12)19-4-6-21-7-5-19/h2-3,8-10H,4-7H2,1H3. The lowest BCUT2D eigenvalue weighted by molar-refractivity contribution is 0.122. The van der Waals surface area contributed by atoms with Crippen LogP contribution in [0.4, 0.5) is 11.5 Å². The van der Waals surface area contributed by atoms with Crippen molar-refractivity contribution in [1.29, 1.82) is 0 Å². The van der Waals surface area contributed by atoms with Crippen LogP contribution >= 0.6 is 0 Å². The van der Waals surface area contributed by atoms with Crippen molar-refractivity contribution in [2.45, 2.75) is 6.92 Å². The predicted molar refractivity (Wildman–Crippen MR) is 80.7 cm³/mol. The van der Waals surface area contributed by atoms with Crippen molar-refractivity contribution in [2.75, 3.05) is 31.2 Å². The zero-order valence-corrected chi connectivity index (χ0v) is 11.8. The Kier molecular flexibility index (Phi) is 3.87. The van der Waals surface area contributed by atoms with Crippen molar-refractivity contribution in [3.05, 3.63) is 41.2 Å². The summed E-state index contributed by atoms with van der Waals surface area (Å²) in [6.07, 6.45) is 3.26. The molecule has 108 valence electrons. The van der Waals surface area contributed by atoms with Crippen LogP contribution in [0, 0.1) is 11.8 Å². The van der Waals surface area contributed by atoms with Crippen LogP contribution in [0.3, 0.4) is 0 Å². The van der Waals surface area contributed by atoms with Crippen molar-refractivity contribution >= 4 is 11.5 Å². The summed E-state index contributed by atoms with van der Waals surface area (Å²) < 4.78 is 5.36. The van der Waals surface area contributed by atoms with Crippen LogP contribution in [-0.4, -0.2) is 36.3 Å². The van der Waals surface area contributed by atoms with E-state index in [9.17, 15) is 4.91 Å². The normalized spacial score (nSPS) is 15.0. The highest BCUT2D eigenvalue weighted by atomic mass is 16.5. The number of anilines is 1. The first-order chi connectivity index (χ1) is 10.3. The molecular weight excluding hydrogens is 268 g/mol. The molecule has 0 saturated carbocycles. The second-order valence-electron chi connectivity index (χ2n) is 4.92. The highest BCUT2D eigenvalue weighted by Crippen LogP contribution is 2.28. The number of nitrogens with zero attached hydrogens (tertiary/aromatic N) is 4. The third-order valence-corrected chi connectivity index (χ3v) is 3.57. The van der Waals surface area contributed by atoms with E-state index in [1.165, 1.54) is 6.20 Å². The number of nitroso groups, excluding NO2 is 1. The zero-order chi connectivity index (χ0) is 14.7. The molecule has 2 aromatic rings. The van der Waals surface area contributed by atoms with Crippen LogP contribution in [0.15, 0.2) is 35.8 Å². The van der Waals surface area contributed by atoms with E-state index < -0.39 is 0 Å². The first-order valence-corrected chi connectivity index (χ1v) is 6.87. The van der Waals surface area contributed by atoms with E-state index in [1.54, 1.807) is 12.3 Å². The molecule has 0 aromatic carbocycles. The molecular formula is C15H16N4O2. The van der Waals surface area contributed by atoms with Gasteiger partial charge in [0.25, 0.3) is 0 Å². The first kappa shape index (κ1) is 13.6. The quantitative estimate of drug-likeness (QED) is 0.811. The van der Waals surface area contributed by atoms with Gasteiger partial charge in [-0.1, -0.05) is 0 Å². The van der Waals surface area contributed by atoms with Gasteiger partial charge in [-0.25, -0.2) is 4.98 Å². The van der Waals surface area contributed by atoms with E-state index >= 15 is 0 Å². The molecule has 1 aliphatic rings. The molecule has 0 radical (unpaired) electrons. The Bertz CT molecular complexity index is 654. The van der Waals surface area contributed by atoms with Gasteiger partial charge in [-0.15, -0.1) is 4.91 Å². The van der Waals surface area contributed by atoms with Gasteiger partial charge in [0.05, 0.1) is 19.4 Å². The second-order valence-corrected chi connectivity index (χ2v) is 4.92. The largest absolute Gasteiger partial charge is 0.378 e. The molecule has 1 aliphatic heterocycles. The molecule has 1 fully saturated rings. The maximum absolute atomic E-state index is 10.7. The van der Waals surface area contributed by atoms with Gasteiger partial charge in [-0.05, 0) is 35.9 Å². The SMILES string of the molecule is Cc1ncc(N=O)cc1-c1ccnc(N2CCOCC2)c1. The highest BCUT2D eigenvalue weighted by Gasteiger charge is 2.14. The molecule has 6 heteroatoms. The summed E-state index contributed by atoms with van der Waals surface area (Å²) in [7, 11) is 0. The number of aromatic nitrogens is 2. The summed E-state index contributed by atoms with van der Waals surface area (Å²) in [6.45, 7) is 5.03. The van der Waals surface area contributed by atoms with Gasteiger partial charge in [0.1, 0.15) is 11.5 Å². The fraction of sp³-hybridized carbons (Fsp3) is 0.333. The third kappa shape index (κ3) is 2.90. The van der Waals surface area contributed by atoms with E-state index in [0.717, 1.165) is 48.9 Å². The maximum atomic E-state index is 10.7. The van der Waals surface area contributed by atoms with Crippen molar-refractivity contribution in [3.63, 3.8) is 0 Å². The van der Waals surface area contributed by atoms with E-state index in [2.05, 4.69) is 20.0 Å². The van der Waals surface area contributed by atoms with Gasteiger partial charge >= 0.3 is 0 Å². The molecule has 3 heterocycles. The lowest BCUT2D eigenvalue weighted by atomic mass is 10.1. The molecule has 3 rings (SSSR count). The topological polar surface area (TPSA) is 67.7 Å². The average molecular weight is 284 g/mol. The van der Waals surface area contributed by atoms with Crippen LogP contribution < -0.4 is 4.90 Å². The van der Waals surface area contributed by atoms with Crippen molar-refractivity contribution < 1.29 is 4.74 Å². The van der Waals surface area contributed by atoms with Crippen molar-refractivity contribution in [1.82, 2.24) is 9.97 Å². The van der Waals surface area contributed by atoms with E-state index in [0.29, 0.717) is 5.69 Å². The van der Waals surface area contributed by atoms with Gasteiger partial charge in [0.15, 0.2) is 0 Å². The van der Waals surface area contributed by atoms with Gasteiger partial charge in [0.2, 0.25) is 0 Å². The van der Waals surface area contributed by atoms with Crippen LogP contribution in [0.1, 0.15) is 5.69 Å². The minimum atomic E-state index is 0.334. The van der Waals surface area contributed by atoms with Gasteiger partial charge < -0.3 is 9.64 Å². The Morgan fingerprint density at radius 1 is 1.24 bits per heavy atom. The summed E-state index contributed by atoms with van der Waals surface area (Å²) in [5, 5.41) is 2.96. The minimum absolute atomic E-state index is 0.334. The van der Waals surface area contributed by atoms with E-state index in [-0.39, 0.29) is 0 Å². The van der Waals surface area contributed by atoms with Gasteiger partial charge in [0, 0.05) is 30.5 Å². The van der Waals surface area contributed by atoms with Crippen molar-refractivity contribution in [3.8, 4) is 11.1 Å². The number of aryl methyl sites for hydroxylation is 1. The Morgan fingerprint density at radius 3 is 2.81 bits per heavy atom. The summed E-state index contributed by atoms with van der Waals surface area (Å²) in [5.41, 5.74) is 3.09. The Balaban J connectivity index is 1.97. The van der Waals surface area contributed by atoms with Gasteiger partial charge in [-0.2, -0.15) is 0 Å². The Hall–Kier alpha value is -2.34. The van der Waals surface area contributed by atoms with E-state index in [1.807, 2.05) is 19.1 Å². The molecule has 0 spiro atoms. The summed E-state index contributed by atoms with van der Waals surface area (Å²) >= 11 is 0. The van der Waals surface area contributed by atoms with E-state index in [4.69, 9.17) is 4.74 Å². The molecule has 0 aliphatic carbocycles. The molecule has 0 amide bonds. The number of rotatable bonds is 3. The molecule has 21 heavy (non-hydrogen) atoms. The fourth-order valence-corrected chi connectivity index (χ4v) is 2.42. The Morgan fingerprint density at radius 2 is 2.05 bits per heavy atom. The van der Waals surface area contributed by atoms with Crippen LogP contribution in [0.5, 0.6) is 0 Å². The molecule has 0 unspecified atom stereocenters. The Labute approximate surface area is 122 Å². The number of morpholine rings is 1. The average Bonchev–Trinajstić information content (AvgIpc) is 2.56. The summed E-state index contributed by atoms with van der Waals surface area (Å²) in [4.78, 5) is 21.5. The summed E-state index contributed by atoms with van der Waals surface area (Å²) in [6, 6.07) is 5.69. The first-order valence-electron chi connectivity index (χ1n) is 6.87. The van der Waals surface area contributed by atoms with Crippen LogP contribution in [-0.2, 0) is 4.74 Å². The third-order valence-electron chi connectivity index (χ3n) is 3.57. The lowest BCUT2D eigenvalue weighted by Gasteiger charge is -2.28. The highest BCUT2D eigenvalue weighted by molar-refractivity contribution is 5.71. The maximum Gasteiger partial charge on any atom is 0.129 e. The molecule has 6 nitrogen and oxygen atoms in total. The number of hydrogen-bond acceptors (Lipinski definition) is 6. The van der Waals surface area contributed by atoms with Crippen LogP contribution in [0.25, 0.3) is 11.1 Å². The van der Waals surface area contributed by atoms with Crippen molar-refractivity contribution in [2.24, 2.45) is 5.18 Å². The number of ether oxygens (including phenoxy) is 1. The second kappa shape index (κ2) is 5.97. The van der Waals surface area contributed by atoms with Gasteiger partial charge in [-0.3, -0.25) is 4.98 Å². The molecule has 0 bridgehead atoms. The zero-order valence-electron chi connectivity index (χ0n) is 11.8. The smallest absolute Gasteiger partial charge is 0.129 e. The lowest BCUT2D eigenvalue weighted by Crippen LogP contribution is -2.36. The number of hydrogen-bond donors (Lipinski definition) is 0. The fourth-order valence-electron chi connectivity index (χ4n) is 2.42. The molecule has 1 saturated heterocycles. The predicted octanol–water partition coefficient (Wildman–Crippen LogP) is 2.69. The summed E-state index contributed by atoms with van der Waals surface area (Å²) in [5.74, 6) is 0.916. The number of pyridine rings is 2. The monoisotopic (exact) mass is 284 g/mol. The molecule has 0 N–H and O–H groups in total. The van der Waals surface area contributed by atoms with Crippen LogP contribution in [0.2, 0.25) is 0 Å². The molecule has 0 atom stereocenters.